The van der Waals surface area contributed by atoms with Gasteiger partial charge in [-0.1, -0.05) is 25.4 Å². The maximum atomic E-state index is 12.5. The molecule has 4 nitrogen and oxygen atoms in total. The molecule has 0 heterocycles. The molecule has 0 spiro atoms. The van der Waals surface area contributed by atoms with E-state index >= 15 is 0 Å². The van der Waals surface area contributed by atoms with Crippen LogP contribution in [-0.2, 0) is 0 Å². The average Bonchev–Trinajstić information content (AvgIpc) is 2.36. The van der Waals surface area contributed by atoms with E-state index in [1.54, 1.807) is 30.1 Å². The van der Waals surface area contributed by atoms with E-state index in [0.717, 1.165) is 6.42 Å². The molecular formula is C14H22ClN3O. The van der Waals surface area contributed by atoms with Crippen molar-refractivity contribution in [2.24, 2.45) is 11.8 Å². The van der Waals surface area contributed by atoms with E-state index in [1.165, 1.54) is 0 Å². The molecule has 0 saturated heterocycles. The molecule has 0 fully saturated rings. The minimum atomic E-state index is -0.0800. The molecular weight excluding hydrogens is 262 g/mol. The van der Waals surface area contributed by atoms with E-state index in [4.69, 9.17) is 17.4 Å². The van der Waals surface area contributed by atoms with Crippen LogP contribution in [0.25, 0.3) is 0 Å². The van der Waals surface area contributed by atoms with Crippen LogP contribution in [0.2, 0.25) is 5.02 Å². The predicted octanol–water partition coefficient (Wildman–Crippen LogP) is 3.13. The van der Waals surface area contributed by atoms with Crippen LogP contribution < -0.4 is 11.3 Å². The standard InChI is InChI=1S/C14H22ClN3O/c1-9(2)7-10(3)18(4)14(19)12-8-11(15)5-6-13(12)17-16/h5-6,8-10,17H,7,16H2,1-4H3. The van der Waals surface area contributed by atoms with Crippen molar-refractivity contribution in [1.29, 1.82) is 0 Å². The van der Waals surface area contributed by atoms with Gasteiger partial charge in [0.1, 0.15) is 0 Å². The Kier molecular flexibility index (Phi) is 5.63. The molecule has 5 heteroatoms. The molecule has 1 atom stereocenters. The van der Waals surface area contributed by atoms with Gasteiger partial charge in [0.05, 0.1) is 11.3 Å². The van der Waals surface area contributed by atoms with Gasteiger partial charge >= 0.3 is 0 Å². The third-order valence-electron chi connectivity index (χ3n) is 3.16. The fraction of sp³-hybridized carbons (Fsp3) is 0.500. The molecule has 0 aliphatic rings. The first-order valence-corrected chi connectivity index (χ1v) is 6.78. The lowest BCUT2D eigenvalue weighted by Crippen LogP contribution is -2.36. The van der Waals surface area contributed by atoms with Crippen molar-refractivity contribution in [3.8, 4) is 0 Å². The van der Waals surface area contributed by atoms with E-state index in [0.29, 0.717) is 22.2 Å². The second kappa shape index (κ2) is 6.78. The summed E-state index contributed by atoms with van der Waals surface area (Å²) >= 11 is 5.95. The van der Waals surface area contributed by atoms with Crippen molar-refractivity contribution in [2.75, 3.05) is 12.5 Å². The van der Waals surface area contributed by atoms with Crippen molar-refractivity contribution in [3.05, 3.63) is 28.8 Å². The number of carbonyl (C=O) groups is 1. The number of nitrogen functional groups attached to an aromatic ring is 1. The third kappa shape index (κ3) is 4.11. The maximum Gasteiger partial charge on any atom is 0.256 e. The Bertz CT molecular complexity index is 448. The smallest absolute Gasteiger partial charge is 0.256 e. The number of rotatable bonds is 5. The molecule has 3 N–H and O–H groups in total. The van der Waals surface area contributed by atoms with Gasteiger partial charge in [-0.3, -0.25) is 10.6 Å². The molecule has 0 aliphatic carbocycles. The van der Waals surface area contributed by atoms with Gasteiger partial charge in [-0.15, -0.1) is 0 Å². The Morgan fingerprint density at radius 2 is 2.05 bits per heavy atom. The summed E-state index contributed by atoms with van der Waals surface area (Å²) in [5, 5.41) is 0.521. The van der Waals surface area contributed by atoms with Crippen molar-refractivity contribution in [3.63, 3.8) is 0 Å². The summed E-state index contributed by atoms with van der Waals surface area (Å²) in [4.78, 5) is 14.2. The highest BCUT2D eigenvalue weighted by molar-refractivity contribution is 6.31. The Balaban J connectivity index is 2.96. The van der Waals surface area contributed by atoms with E-state index in [-0.39, 0.29) is 11.9 Å². The number of halogens is 1. The van der Waals surface area contributed by atoms with E-state index < -0.39 is 0 Å². The zero-order valence-corrected chi connectivity index (χ0v) is 12.7. The molecule has 0 saturated carbocycles. The lowest BCUT2D eigenvalue weighted by Gasteiger charge is -2.27. The number of nitrogens with zero attached hydrogens (tertiary/aromatic N) is 1. The minimum absolute atomic E-state index is 0.0800. The number of hydrogen-bond donors (Lipinski definition) is 2. The number of hydrogen-bond acceptors (Lipinski definition) is 3. The van der Waals surface area contributed by atoms with Gasteiger partial charge < -0.3 is 10.3 Å². The molecule has 1 amide bonds. The molecule has 0 bridgehead atoms. The molecule has 0 radical (unpaired) electrons. The Morgan fingerprint density at radius 3 is 2.58 bits per heavy atom. The number of nitrogens with one attached hydrogen (secondary N) is 1. The lowest BCUT2D eigenvalue weighted by atomic mass is 10.0. The first-order chi connectivity index (χ1) is 8.86. The molecule has 1 aromatic carbocycles. The van der Waals surface area contributed by atoms with Crippen LogP contribution in [0.3, 0.4) is 0 Å². The normalized spacial score (nSPS) is 12.4. The Morgan fingerprint density at radius 1 is 1.42 bits per heavy atom. The van der Waals surface area contributed by atoms with Crippen molar-refractivity contribution in [1.82, 2.24) is 4.90 Å². The van der Waals surface area contributed by atoms with Gasteiger partial charge in [0.25, 0.3) is 5.91 Å². The van der Waals surface area contributed by atoms with Crippen molar-refractivity contribution >= 4 is 23.2 Å². The number of benzene rings is 1. The number of hydrazine groups is 1. The van der Waals surface area contributed by atoms with E-state index in [2.05, 4.69) is 19.3 Å². The molecule has 106 valence electrons. The Labute approximate surface area is 119 Å². The third-order valence-corrected chi connectivity index (χ3v) is 3.40. The number of anilines is 1. The fourth-order valence-corrected chi connectivity index (χ4v) is 2.22. The number of amides is 1. The van der Waals surface area contributed by atoms with Crippen molar-refractivity contribution in [2.45, 2.75) is 33.2 Å². The second-order valence-corrected chi connectivity index (χ2v) is 5.67. The lowest BCUT2D eigenvalue weighted by molar-refractivity contribution is 0.0729. The Hall–Kier alpha value is -1.26. The van der Waals surface area contributed by atoms with Crippen LogP contribution in [-0.4, -0.2) is 23.9 Å². The highest BCUT2D eigenvalue weighted by Crippen LogP contribution is 2.22. The van der Waals surface area contributed by atoms with E-state index in [9.17, 15) is 4.79 Å². The van der Waals surface area contributed by atoms with Crippen LogP contribution >= 0.6 is 11.6 Å². The summed E-state index contributed by atoms with van der Waals surface area (Å²) < 4.78 is 0. The molecule has 1 aromatic rings. The summed E-state index contributed by atoms with van der Waals surface area (Å²) in [5.41, 5.74) is 3.61. The zero-order chi connectivity index (χ0) is 14.6. The van der Waals surface area contributed by atoms with Crippen LogP contribution in [0.1, 0.15) is 37.6 Å². The largest absolute Gasteiger partial charge is 0.339 e. The van der Waals surface area contributed by atoms with E-state index in [1.807, 2.05) is 6.92 Å². The number of nitrogens with two attached hydrogens (primary N) is 1. The SMILES string of the molecule is CC(C)CC(C)N(C)C(=O)c1cc(Cl)ccc1NN. The second-order valence-electron chi connectivity index (χ2n) is 5.23. The van der Waals surface area contributed by atoms with Crippen LogP contribution in [0.4, 0.5) is 5.69 Å². The summed E-state index contributed by atoms with van der Waals surface area (Å²) in [7, 11) is 1.80. The summed E-state index contributed by atoms with van der Waals surface area (Å²) in [6.07, 6.45) is 0.953. The molecule has 1 rings (SSSR count). The van der Waals surface area contributed by atoms with Crippen LogP contribution in [0, 0.1) is 5.92 Å². The topological polar surface area (TPSA) is 58.4 Å². The zero-order valence-electron chi connectivity index (χ0n) is 11.9. The van der Waals surface area contributed by atoms with Gasteiger partial charge in [-0.25, -0.2) is 0 Å². The number of carbonyl (C=O) groups excluding carboxylic acids is 1. The highest BCUT2D eigenvalue weighted by Gasteiger charge is 2.21. The first kappa shape index (κ1) is 15.8. The van der Waals surface area contributed by atoms with Crippen LogP contribution in [0.5, 0.6) is 0 Å². The van der Waals surface area contributed by atoms with Gasteiger partial charge in [0.2, 0.25) is 0 Å². The van der Waals surface area contributed by atoms with Gasteiger partial charge in [0, 0.05) is 18.1 Å². The highest BCUT2D eigenvalue weighted by atomic mass is 35.5. The molecule has 1 unspecified atom stereocenters. The predicted molar refractivity (Wildman–Crippen MR) is 80.3 cm³/mol. The minimum Gasteiger partial charge on any atom is -0.339 e. The van der Waals surface area contributed by atoms with Gasteiger partial charge in [-0.05, 0) is 37.5 Å². The molecule has 0 aromatic heterocycles. The molecule has 19 heavy (non-hydrogen) atoms. The summed E-state index contributed by atoms with van der Waals surface area (Å²) in [6.45, 7) is 6.32. The quantitative estimate of drug-likeness (QED) is 0.645. The summed E-state index contributed by atoms with van der Waals surface area (Å²) in [5.74, 6) is 5.89. The van der Waals surface area contributed by atoms with Crippen LogP contribution in [0.15, 0.2) is 18.2 Å². The van der Waals surface area contributed by atoms with Gasteiger partial charge in [-0.2, -0.15) is 0 Å². The summed E-state index contributed by atoms with van der Waals surface area (Å²) in [6, 6.07) is 5.20. The van der Waals surface area contributed by atoms with Crippen molar-refractivity contribution < 1.29 is 4.79 Å². The average molecular weight is 284 g/mol. The monoisotopic (exact) mass is 283 g/mol. The first-order valence-electron chi connectivity index (χ1n) is 6.40. The van der Waals surface area contributed by atoms with Gasteiger partial charge in [0.15, 0.2) is 0 Å². The maximum absolute atomic E-state index is 12.5. The molecule has 0 aliphatic heterocycles. The fourth-order valence-electron chi connectivity index (χ4n) is 2.05.